The van der Waals surface area contributed by atoms with Crippen molar-refractivity contribution in [2.45, 2.75) is 26.7 Å². The van der Waals surface area contributed by atoms with E-state index < -0.39 is 0 Å². The van der Waals surface area contributed by atoms with Crippen LogP contribution in [-0.4, -0.2) is 24.1 Å². The van der Waals surface area contributed by atoms with Gasteiger partial charge in [0, 0.05) is 18.4 Å². The Morgan fingerprint density at radius 3 is 2.76 bits per heavy atom. The molecule has 0 saturated carbocycles. The van der Waals surface area contributed by atoms with Crippen LogP contribution in [0.4, 0.5) is 0 Å². The van der Waals surface area contributed by atoms with Gasteiger partial charge in [0.1, 0.15) is 6.61 Å². The Morgan fingerprint density at radius 2 is 2.12 bits per heavy atom. The number of allylic oxidation sites excluding steroid dienone is 3. The maximum Gasteiger partial charge on any atom is 0.306 e. The van der Waals surface area contributed by atoms with Gasteiger partial charge in [-0.1, -0.05) is 19.9 Å². The average Bonchev–Trinajstić information content (AvgIpc) is 2.37. The summed E-state index contributed by atoms with van der Waals surface area (Å²) in [4.78, 5) is 34.0. The van der Waals surface area contributed by atoms with Crippen LogP contribution in [-0.2, 0) is 19.1 Å². The summed E-state index contributed by atoms with van der Waals surface area (Å²) >= 11 is 0. The molecule has 0 atom stereocenters. The molecule has 1 aliphatic rings. The molecule has 4 nitrogen and oxygen atoms in total. The molecule has 0 unspecified atom stereocenters. The Kier molecular flexibility index (Phi) is 4.82. The zero-order chi connectivity index (χ0) is 12.8. The van der Waals surface area contributed by atoms with Gasteiger partial charge in [-0.15, -0.1) is 0 Å². The van der Waals surface area contributed by atoms with E-state index >= 15 is 0 Å². The summed E-state index contributed by atoms with van der Waals surface area (Å²) in [6.45, 7) is 3.70. The predicted molar refractivity (Wildman–Crippen MR) is 62.3 cm³/mol. The van der Waals surface area contributed by atoms with E-state index in [0.29, 0.717) is 6.42 Å². The molecule has 0 saturated heterocycles. The number of esters is 1. The van der Waals surface area contributed by atoms with Gasteiger partial charge in [-0.3, -0.25) is 14.4 Å². The monoisotopic (exact) mass is 236 g/mol. The fraction of sp³-hybridized carbons (Fsp3) is 0.462. The minimum absolute atomic E-state index is 0.113. The van der Waals surface area contributed by atoms with Gasteiger partial charge in [0.25, 0.3) is 0 Å². The number of ether oxygens (including phenoxy) is 1. The lowest BCUT2D eigenvalue weighted by Gasteiger charge is -2.07. The molecular weight excluding hydrogens is 220 g/mol. The first kappa shape index (κ1) is 13.4. The van der Waals surface area contributed by atoms with E-state index in [4.69, 9.17) is 4.74 Å². The third-order valence-corrected chi connectivity index (χ3v) is 2.22. The van der Waals surface area contributed by atoms with Crippen LogP contribution in [0, 0.1) is 5.92 Å². The minimum atomic E-state index is -0.349. The van der Waals surface area contributed by atoms with Gasteiger partial charge in [-0.25, -0.2) is 0 Å². The van der Waals surface area contributed by atoms with E-state index in [1.165, 1.54) is 18.2 Å². The summed E-state index contributed by atoms with van der Waals surface area (Å²) in [7, 11) is 0. The van der Waals surface area contributed by atoms with Crippen LogP contribution in [0.1, 0.15) is 26.7 Å². The van der Waals surface area contributed by atoms with Gasteiger partial charge in [0.2, 0.25) is 0 Å². The number of carbonyl (C=O) groups excluding carboxylic acids is 3. The van der Waals surface area contributed by atoms with Gasteiger partial charge in [0.05, 0.1) is 0 Å². The van der Waals surface area contributed by atoms with Gasteiger partial charge in [-0.2, -0.15) is 0 Å². The van der Waals surface area contributed by atoms with Crippen molar-refractivity contribution in [3.63, 3.8) is 0 Å². The van der Waals surface area contributed by atoms with Crippen LogP contribution in [0.5, 0.6) is 0 Å². The van der Waals surface area contributed by atoms with Crippen molar-refractivity contribution < 1.29 is 19.1 Å². The molecule has 4 heteroatoms. The van der Waals surface area contributed by atoms with Crippen molar-refractivity contribution in [1.82, 2.24) is 0 Å². The standard InChI is InChI=1S/C13H16O4/c1-9(2)6-13(16)17-8-10-7-11(14)4-3-5-12(10)15/h3-4,7,9H,5-6,8H2,1-2H3. The van der Waals surface area contributed by atoms with Crippen LogP contribution in [0.15, 0.2) is 23.8 Å². The van der Waals surface area contributed by atoms with E-state index in [1.54, 1.807) is 0 Å². The number of rotatable bonds is 4. The van der Waals surface area contributed by atoms with Crippen molar-refractivity contribution in [2.75, 3.05) is 6.61 Å². The zero-order valence-electron chi connectivity index (χ0n) is 10.1. The Balaban J connectivity index is 2.53. The summed E-state index contributed by atoms with van der Waals surface area (Å²) < 4.78 is 4.96. The van der Waals surface area contributed by atoms with Crippen LogP contribution >= 0.6 is 0 Å². The maximum absolute atomic E-state index is 11.5. The molecule has 0 spiro atoms. The highest BCUT2D eigenvalue weighted by Crippen LogP contribution is 2.09. The SMILES string of the molecule is CC(C)CC(=O)OCC1=CC(=O)C=CCC1=O. The Morgan fingerprint density at radius 1 is 1.41 bits per heavy atom. The molecule has 0 fully saturated rings. The highest BCUT2D eigenvalue weighted by atomic mass is 16.5. The van der Waals surface area contributed by atoms with Crippen molar-refractivity contribution in [1.29, 1.82) is 0 Å². The van der Waals surface area contributed by atoms with Gasteiger partial charge < -0.3 is 4.74 Å². The molecule has 92 valence electrons. The van der Waals surface area contributed by atoms with Crippen LogP contribution in [0.3, 0.4) is 0 Å². The van der Waals surface area contributed by atoms with Crippen molar-refractivity contribution >= 4 is 17.5 Å². The first-order chi connectivity index (χ1) is 7.99. The molecule has 0 heterocycles. The summed E-state index contributed by atoms with van der Waals surface area (Å²) in [6, 6.07) is 0. The second-order valence-electron chi connectivity index (χ2n) is 4.36. The molecule has 17 heavy (non-hydrogen) atoms. The summed E-state index contributed by atoms with van der Waals surface area (Å²) in [5.41, 5.74) is 0.261. The highest BCUT2D eigenvalue weighted by molar-refractivity contribution is 6.09. The smallest absolute Gasteiger partial charge is 0.306 e. The van der Waals surface area contributed by atoms with E-state index in [-0.39, 0.29) is 42.1 Å². The van der Waals surface area contributed by atoms with Crippen molar-refractivity contribution in [3.05, 3.63) is 23.8 Å². The highest BCUT2D eigenvalue weighted by Gasteiger charge is 2.15. The Labute approximate surface area is 100 Å². The van der Waals surface area contributed by atoms with E-state index in [0.717, 1.165) is 0 Å². The molecule has 1 aliphatic carbocycles. The second-order valence-corrected chi connectivity index (χ2v) is 4.36. The summed E-state index contributed by atoms with van der Waals surface area (Å²) in [5, 5.41) is 0. The molecule has 0 aromatic rings. The van der Waals surface area contributed by atoms with E-state index in [1.807, 2.05) is 13.8 Å². The number of hydrogen-bond donors (Lipinski definition) is 0. The predicted octanol–water partition coefficient (Wildman–Crippen LogP) is 1.60. The first-order valence-corrected chi connectivity index (χ1v) is 5.59. The van der Waals surface area contributed by atoms with Crippen LogP contribution in [0.25, 0.3) is 0 Å². The fourth-order valence-corrected chi connectivity index (χ4v) is 1.39. The molecular formula is C13H16O4. The number of carbonyl (C=O) groups is 3. The minimum Gasteiger partial charge on any atom is -0.461 e. The lowest BCUT2D eigenvalue weighted by atomic mass is 10.1. The number of hydrogen-bond acceptors (Lipinski definition) is 4. The van der Waals surface area contributed by atoms with Crippen LogP contribution < -0.4 is 0 Å². The van der Waals surface area contributed by atoms with E-state index in [2.05, 4.69) is 0 Å². The quantitative estimate of drug-likeness (QED) is 0.695. The Bertz CT molecular complexity index is 388. The second kappa shape index (κ2) is 6.13. The molecule has 0 amide bonds. The first-order valence-electron chi connectivity index (χ1n) is 5.59. The van der Waals surface area contributed by atoms with Gasteiger partial charge >= 0.3 is 5.97 Å². The lowest BCUT2D eigenvalue weighted by molar-refractivity contribution is -0.143. The number of ketones is 2. The fourth-order valence-electron chi connectivity index (χ4n) is 1.39. The van der Waals surface area contributed by atoms with E-state index in [9.17, 15) is 14.4 Å². The molecule has 0 aliphatic heterocycles. The topological polar surface area (TPSA) is 60.4 Å². The van der Waals surface area contributed by atoms with Crippen LogP contribution in [0.2, 0.25) is 0 Å². The summed E-state index contributed by atoms with van der Waals surface area (Å²) in [6.07, 6.45) is 4.59. The van der Waals surface area contributed by atoms with Gasteiger partial charge in [-0.05, 0) is 18.1 Å². The molecule has 0 N–H and O–H groups in total. The third-order valence-electron chi connectivity index (χ3n) is 2.22. The third kappa shape index (κ3) is 4.76. The lowest BCUT2D eigenvalue weighted by Crippen LogP contribution is -2.14. The summed E-state index contributed by atoms with van der Waals surface area (Å²) in [5.74, 6) is -0.557. The largest absolute Gasteiger partial charge is 0.461 e. The zero-order valence-corrected chi connectivity index (χ0v) is 10.1. The van der Waals surface area contributed by atoms with Gasteiger partial charge in [0.15, 0.2) is 11.6 Å². The Hall–Kier alpha value is -1.71. The molecule has 0 aromatic heterocycles. The molecule has 0 bridgehead atoms. The van der Waals surface area contributed by atoms with Crippen molar-refractivity contribution in [2.24, 2.45) is 5.92 Å². The average molecular weight is 236 g/mol. The maximum atomic E-state index is 11.5. The number of Topliss-reactive ketones (excluding diaryl/α,β-unsaturated/α-hetero) is 1. The van der Waals surface area contributed by atoms with Crippen molar-refractivity contribution in [3.8, 4) is 0 Å². The molecule has 0 aromatic carbocycles. The molecule has 0 radical (unpaired) electrons. The normalized spacial score (nSPS) is 15.8. The molecule has 1 rings (SSSR count).